The molecule has 0 aliphatic carbocycles. The van der Waals surface area contributed by atoms with Crippen LogP contribution in [0.5, 0.6) is 0 Å². The minimum atomic E-state index is -0.540. The maximum absolute atomic E-state index is 13.1. The van der Waals surface area contributed by atoms with E-state index in [1.165, 1.54) is 24.5 Å². The van der Waals surface area contributed by atoms with Crippen molar-refractivity contribution in [1.29, 1.82) is 0 Å². The van der Waals surface area contributed by atoms with Gasteiger partial charge in [-0.3, -0.25) is 4.79 Å². The molecule has 8 heteroatoms. The summed E-state index contributed by atoms with van der Waals surface area (Å²) >= 11 is 5.70. The summed E-state index contributed by atoms with van der Waals surface area (Å²) in [6.45, 7) is 2.68. The topological polar surface area (TPSA) is 67.4 Å². The lowest BCUT2D eigenvalue weighted by Crippen LogP contribution is -2.37. The van der Waals surface area contributed by atoms with Crippen LogP contribution in [0.25, 0.3) is 0 Å². The fourth-order valence-electron chi connectivity index (χ4n) is 2.21. The smallest absolute Gasteiger partial charge is 0.274 e. The summed E-state index contributed by atoms with van der Waals surface area (Å²) in [5, 5.41) is 2.58. The van der Waals surface area contributed by atoms with Gasteiger partial charge in [-0.05, 0) is 18.2 Å². The van der Waals surface area contributed by atoms with Crippen molar-refractivity contribution in [2.24, 2.45) is 0 Å². The van der Waals surface area contributed by atoms with Gasteiger partial charge in [0.2, 0.25) is 0 Å². The van der Waals surface area contributed by atoms with Crippen molar-refractivity contribution >= 4 is 29.0 Å². The summed E-state index contributed by atoms with van der Waals surface area (Å²) in [4.78, 5) is 22.5. The van der Waals surface area contributed by atoms with Crippen LogP contribution in [0.3, 0.4) is 0 Å². The van der Waals surface area contributed by atoms with Crippen molar-refractivity contribution in [2.75, 3.05) is 36.5 Å². The first kappa shape index (κ1) is 15.6. The number of aromatic nitrogens is 2. The van der Waals surface area contributed by atoms with Crippen LogP contribution in [0, 0.1) is 5.82 Å². The third kappa shape index (κ3) is 3.75. The molecule has 1 fully saturated rings. The normalized spacial score (nSPS) is 14.6. The molecule has 0 atom stereocenters. The first-order valence-electron chi connectivity index (χ1n) is 7.04. The van der Waals surface area contributed by atoms with E-state index >= 15 is 0 Å². The molecular formula is C15H14ClFN4O2. The highest BCUT2D eigenvalue weighted by molar-refractivity contribution is 6.31. The number of rotatable bonds is 3. The molecule has 1 aromatic carbocycles. The molecule has 1 aromatic heterocycles. The highest BCUT2D eigenvalue weighted by Gasteiger charge is 2.16. The number of morpholine rings is 1. The average molecular weight is 337 g/mol. The molecular weight excluding hydrogens is 323 g/mol. The van der Waals surface area contributed by atoms with Crippen molar-refractivity contribution in [3.05, 3.63) is 47.1 Å². The molecule has 0 spiro atoms. The maximum Gasteiger partial charge on any atom is 0.274 e. The van der Waals surface area contributed by atoms with Crippen LogP contribution in [0.15, 0.2) is 30.6 Å². The lowest BCUT2D eigenvalue weighted by molar-refractivity contribution is 0.102. The molecule has 1 N–H and O–H groups in total. The Labute approximate surface area is 137 Å². The van der Waals surface area contributed by atoms with Crippen LogP contribution in [0.1, 0.15) is 10.5 Å². The zero-order valence-corrected chi connectivity index (χ0v) is 12.9. The summed E-state index contributed by atoms with van der Waals surface area (Å²) < 4.78 is 18.4. The van der Waals surface area contributed by atoms with Gasteiger partial charge in [-0.25, -0.2) is 14.4 Å². The number of hydrogen-bond acceptors (Lipinski definition) is 5. The second-order valence-electron chi connectivity index (χ2n) is 4.94. The predicted octanol–water partition coefficient (Wildman–Crippen LogP) is 2.36. The lowest BCUT2D eigenvalue weighted by Gasteiger charge is -2.27. The zero-order valence-electron chi connectivity index (χ0n) is 12.1. The Kier molecular flexibility index (Phi) is 4.68. The lowest BCUT2D eigenvalue weighted by atomic mass is 10.3. The van der Waals surface area contributed by atoms with Crippen LogP contribution in [-0.4, -0.2) is 42.2 Å². The van der Waals surface area contributed by atoms with Crippen LogP contribution >= 0.6 is 11.6 Å². The number of anilines is 2. The number of carbonyl (C=O) groups is 1. The van der Waals surface area contributed by atoms with Gasteiger partial charge in [-0.1, -0.05) is 11.6 Å². The molecule has 2 aromatic rings. The van der Waals surface area contributed by atoms with E-state index < -0.39 is 11.7 Å². The minimum absolute atomic E-state index is 0.0560. The van der Waals surface area contributed by atoms with Crippen molar-refractivity contribution in [1.82, 2.24) is 9.97 Å². The van der Waals surface area contributed by atoms with E-state index in [4.69, 9.17) is 16.3 Å². The Morgan fingerprint density at radius 1 is 1.26 bits per heavy atom. The summed E-state index contributed by atoms with van der Waals surface area (Å²) in [5.74, 6) is -0.281. The van der Waals surface area contributed by atoms with Crippen molar-refractivity contribution in [3.63, 3.8) is 0 Å². The molecule has 1 saturated heterocycles. The van der Waals surface area contributed by atoms with E-state index in [-0.39, 0.29) is 10.7 Å². The maximum atomic E-state index is 13.1. The van der Waals surface area contributed by atoms with E-state index in [1.807, 2.05) is 4.90 Å². The minimum Gasteiger partial charge on any atom is -0.378 e. The average Bonchev–Trinajstić information content (AvgIpc) is 2.59. The van der Waals surface area contributed by atoms with E-state index in [1.54, 1.807) is 6.07 Å². The third-order valence-corrected chi connectivity index (χ3v) is 3.69. The summed E-state index contributed by atoms with van der Waals surface area (Å²) in [6, 6.07) is 5.59. The Hall–Kier alpha value is -2.25. The number of carbonyl (C=O) groups excluding carboxylic acids is 1. The van der Waals surface area contributed by atoms with E-state index in [0.29, 0.717) is 37.8 Å². The van der Waals surface area contributed by atoms with Gasteiger partial charge >= 0.3 is 0 Å². The van der Waals surface area contributed by atoms with Crippen LogP contribution in [0.4, 0.5) is 15.9 Å². The van der Waals surface area contributed by atoms with Crippen LogP contribution < -0.4 is 10.2 Å². The Morgan fingerprint density at radius 2 is 2.04 bits per heavy atom. The summed E-state index contributed by atoms with van der Waals surface area (Å²) in [5.41, 5.74) is 0.620. The van der Waals surface area contributed by atoms with Crippen molar-refractivity contribution in [3.8, 4) is 0 Å². The fraction of sp³-hybridized carbons (Fsp3) is 0.267. The number of nitrogens with one attached hydrogen (secondary N) is 1. The predicted molar refractivity (Wildman–Crippen MR) is 84.4 cm³/mol. The van der Waals surface area contributed by atoms with Crippen LogP contribution in [-0.2, 0) is 4.74 Å². The first-order chi connectivity index (χ1) is 11.1. The number of nitrogens with zero attached hydrogens (tertiary/aromatic N) is 3. The van der Waals surface area contributed by atoms with Gasteiger partial charge in [0.05, 0.1) is 18.2 Å². The third-order valence-electron chi connectivity index (χ3n) is 3.40. The molecule has 1 aliphatic heterocycles. The molecule has 0 unspecified atom stereocenters. The highest BCUT2D eigenvalue weighted by Crippen LogP contribution is 2.20. The van der Waals surface area contributed by atoms with Gasteiger partial charge in [0.15, 0.2) is 0 Å². The largest absolute Gasteiger partial charge is 0.378 e. The van der Waals surface area contributed by atoms with E-state index in [2.05, 4.69) is 15.3 Å². The summed E-state index contributed by atoms with van der Waals surface area (Å²) in [6.07, 6.45) is 1.34. The molecule has 1 amide bonds. The Morgan fingerprint density at radius 3 is 2.78 bits per heavy atom. The monoisotopic (exact) mass is 336 g/mol. The van der Waals surface area contributed by atoms with E-state index in [0.717, 1.165) is 0 Å². The number of hydrogen-bond donors (Lipinski definition) is 1. The van der Waals surface area contributed by atoms with E-state index in [9.17, 15) is 9.18 Å². The molecule has 0 saturated carbocycles. The quantitative estimate of drug-likeness (QED) is 0.932. The second kappa shape index (κ2) is 6.89. The highest BCUT2D eigenvalue weighted by atomic mass is 35.5. The fourth-order valence-corrected chi connectivity index (χ4v) is 2.39. The van der Waals surface area contributed by atoms with Crippen molar-refractivity contribution in [2.45, 2.75) is 0 Å². The Bertz CT molecular complexity index is 722. The zero-order chi connectivity index (χ0) is 16.2. The SMILES string of the molecule is O=C(Nc1ccc(F)c(Cl)c1)c1cc(N2CCOCC2)ncn1. The van der Waals surface area contributed by atoms with Gasteiger partial charge in [-0.2, -0.15) is 0 Å². The first-order valence-corrected chi connectivity index (χ1v) is 7.42. The van der Waals surface area contributed by atoms with Gasteiger partial charge in [0, 0.05) is 24.8 Å². The number of halogens is 2. The van der Waals surface area contributed by atoms with Gasteiger partial charge < -0.3 is 15.0 Å². The molecule has 120 valence electrons. The second-order valence-corrected chi connectivity index (χ2v) is 5.35. The number of ether oxygens (including phenoxy) is 1. The molecule has 2 heterocycles. The molecule has 6 nitrogen and oxygen atoms in total. The standard InChI is InChI=1S/C15H14ClFN4O2/c16-11-7-10(1-2-12(11)17)20-15(22)13-8-14(19-9-18-13)21-3-5-23-6-4-21/h1-2,7-9H,3-6H2,(H,20,22). The molecule has 1 aliphatic rings. The summed E-state index contributed by atoms with van der Waals surface area (Å²) in [7, 11) is 0. The van der Waals surface area contributed by atoms with Gasteiger partial charge in [0.1, 0.15) is 23.7 Å². The van der Waals surface area contributed by atoms with Gasteiger partial charge in [-0.15, -0.1) is 0 Å². The molecule has 0 bridgehead atoms. The number of benzene rings is 1. The van der Waals surface area contributed by atoms with Crippen LogP contribution in [0.2, 0.25) is 5.02 Å². The van der Waals surface area contributed by atoms with Crippen molar-refractivity contribution < 1.29 is 13.9 Å². The molecule has 0 radical (unpaired) electrons. The molecule has 3 rings (SSSR count). The number of amides is 1. The molecule has 23 heavy (non-hydrogen) atoms. The Balaban J connectivity index is 1.75. The van der Waals surface area contributed by atoms with Gasteiger partial charge in [0.25, 0.3) is 5.91 Å².